The van der Waals surface area contributed by atoms with Gasteiger partial charge < -0.3 is 14.7 Å². The van der Waals surface area contributed by atoms with Gasteiger partial charge in [-0.25, -0.2) is 0 Å². The SMILES string of the molecule is COP(=O)(CCc1ccccc1-c1ccccc1)CC(O)CC(=O)O. The molecule has 0 saturated carbocycles. The lowest BCUT2D eigenvalue weighted by atomic mass is 9.98. The second-order valence-corrected chi connectivity index (χ2v) is 8.73. The van der Waals surface area contributed by atoms with E-state index >= 15 is 0 Å². The molecule has 2 unspecified atom stereocenters. The fourth-order valence-electron chi connectivity index (χ4n) is 2.77. The molecule has 5 nitrogen and oxygen atoms in total. The first-order valence-corrected chi connectivity index (χ1v) is 10.1. The van der Waals surface area contributed by atoms with Crippen LogP contribution >= 0.6 is 7.37 Å². The summed E-state index contributed by atoms with van der Waals surface area (Å²) in [6.07, 6.45) is -0.982. The number of hydrogen-bond donors (Lipinski definition) is 2. The van der Waals surface area contributed by atoms with Crippen LogP contribution in [0.4, 0.5) is 0 Å². The maximum atomic E-state index is 12.8. The Morgan fingerprint density at radius 1 is 1.12 bits per heavy atom. The third-order valence-corrected chi connectivity index (χ3v) is 6.60. The molecule has 0 aliphatic carbocycles. The van der Waals surface area contributed by atoms with Crippen molar-refractivity contribution in [2.75, 3.05) is 19.4 Å². The van der Waals surface area contributed by atoms with Gasteiger partial charge in [-0.1, -0.05) is 54.6 Å². The molecule has 134 valence electrons. The molecule has 0 aliphatic rings. The molecular formula is C19H23O5P. The predicted molar refractivity (Wildman–Crippen MR) is 98.2 cm³/mol. The van der Waals surface area contributed by atoms with Gasteiger partial charge in [-0.05, 0) is 23.1 Å². The largest absolute Gasteiger partial charge is 0.481 e. The molecule has 2 N–H and O–H groups in total. The van der Waals surface area contributed by atoms with E-state index in [-0.39, 0.29) is 12.3 Å². The molecular weight excluding hydrogens is 339 g/mol. The number of carbonyl (C=O) groups is 1. The number of aliphatic hydroxyl groups excluding tert-OH is 1. The molecule has 0 amide bonds. The van der Waals surface area contributed by atoms with Crippen molar-refractivity contribution in [2.45, 2.75) is 18.9 Å². The van der Waals surface area contributed by atoms with Crippen molar-refractivity contribution in [3.63, 3.8) is 0 Å². The van der Waals surface area contributed by atoms with E-state index in [1.165, 1.54) is 7.11 Å². The van der Waals surface area contributed by atoms with E-state index < -0.39 is 25.9 Å². The Balaban J connectivity index is 2.12. The number of carboxylic acid groups (broad SMARTS) is 1. The van der Waals surface area contributed by atoms with E-state index in [9.17, 15) is 14.5 Å². The molecule has 0 aliphatic heterocycles. The number of aryl methyl sites for hydroxylation is 1. The van der Waals surface area contributed by atoms with Crippen LogP contribution in [0.5, 0.6) is 0 Å². The summed E-state index contributed by atoms with van der Waals surface area (Å²) in [6, 6.07) is 17.8. The number of aliphatic hydroxyl groups is 1. The molecule has 0 fully saturated rings. The van der Waals surface area contributed by atoms with Crippen molar-refractivity contribution in [1.29, 1.82) is 0 Å². The minimum absolute atomic E-state index is 0.150. The van der Waals surface area contributed by atoms with Crippen LogP contribution in [0.1, 0.15) is 12.0 Å². The molecule has 25 heavy (non-hydrogen) atoms. The lowest BCUT2D eigenvalue weighted by molar-refractivity contribution is -0.138. The topological polar surface area (TPSA) is 83.8 Å². The Labute approximate surface area is 147 Å². The highest BCUT2D eigenvalue weighted by atomic mass is 31.2. The minimum Gasteiger partial charge on any atom is -0.481 e. The first-order chi connectivity index (χ1) is 11.9. The van der Waals surface area contributed by atoms with Crippen LogP contribution in [0, 0.1) is 0 Å². The summed E-state index contributed by atoms with van der Waals surface area (Å²) in [5.41, 5.74) is 3.19. The van der Waals surface area contributed by atoms with Crippen LogP contribution in [-0.2, 0) is 20.3 Å². The van der Waals surface area contributed by atoms with Gasteiger partial charge in [-0.2, -0.15) is 0 Å². The Morgan fingerprint density at radius 3 is 2.40 bits per heavy atom. The van der Waals surface area contributed by atoms with E-state index in [1.54, 1.807) is 0 Å². The quantitative estimate of drug-likeness (QED) is 0.665. The number of benzene rings is 2. The van der Waals surface area contributed by atoms with Crippen molar-refractivity contribution in [1.82, 2.24) is 0 Å². The highest BCUT2D eigenvalue weighted by Gasteiger charge is 2.27. The molecule has 2 aromatic rings. The van der Waals surface area contributed by atoms with Gasteiger partial charge in [0.2, 0.25) is 7.37 Å². The van der Waals surface area contributed by atoms with Gasteiger partial charge in [0.05, 0.1) is 18.7 Å². The van der Waals surface area contributed by atoms with Crippen LogP contribution in [0.3, 0.4) is 0 Å². The van der Waals surface area contributed by atoms with E-state index in [2.05, 4.69) is 0 Å². The molecule has 6 heteroatoms. The average Bonchev–Trinajstić information content (AvgIpc) is 2.60. The monoisotopic (exact) mass is 362 g/mol. The fraction of sp³-hybridized carbons (Fsp3) is 0.316. The molecule has 2 rings (SSSR count). The highest BCUT2D eigenvalue weighted by molar-refractivity contribution is 7.59. The number of hydrogen-bond acceptors (Lipinski definition) is 4. The number of aliphatic carboxylic acids is 1. The zero-order valence-corrected chi connectivity index (χ0v) is 15.1. The van der Waals surface area contributed by atoms with Gasteiger partial charge in [-0.15, -0.1) is 0 Å². The summed E-state index contributed by atoms with van der Waals surface area (Å²) in [7, 11) is -1.76. The maximum absolute atomic E-state index is 12.8. The molecule has 0 radical (unpaired) electrons. The molecule has 0 heterocycles. The van der Waals surface area contributed by atoms with Gasteiger partial charge in [0.25, 0.3) is 0 Å². The second kappa shape index (κ2) is 8.95. The Hall–Kier alpha value is -1.94. The fourth-order valence-corrected chi connectivity index (χ4v) is 4.64. The first kappa shape index (κ1) is 19.4. The normalized spacial score (nSPS) is 14.6. The predicted octanol–water partition coefficient (Wildman–Crippen LogP) is 3.66. The second-order valence-electron chi connectivity index (χ2n) is 5.93. The summed E-state index contributed by atoms with van der Waals surface area (Å²) in [6.45, 7) is 0. The molecule has 2 aromatic carbocycles. The Morgan fingerprint density at radius 2 is 1.76 bits per heavy atom. The summed E-state index contributed by atoms with van der Waals surface area (Å²) in [5, 5.41) is 18.5. The zero-order valence-electron chi connectivity index (χ0n) is 14.2. The first-order valence-electron chi connectivity index (χ1n) is 8.10. The lowest BCUT2D eigenvalue weighted by Gasteiger charge is -2.19. The van der Waals surface area contributed by atoms with Crippen molar-refractivity contribution < 1.29 is 24.1 Å². The minimum atomic E-state index is -3.10. The zero-order chi connectivity index (χ0) is 18.3. The summed E-state index contributed by atoms with van der Waals surface area (Å²) in [5.74, 6) is -1.12. The van der Waals surface area contributed by atoms with Gasteiger partial charge in [0.15, 0.2) is 0 Å². The Kier molecular flexibility index (Phi) is 6.94. The van der Waals surface area contributed by atoms with Crippen molar-refractivity contribution >= 4 is 13.3 Å². The number of rotatable bonds is 9. The van der Waals surface area contributed by atoms with Gasteiger partial charge in [0, 0.05) is 13.3 Å². The van der Waals surface area contributed by atoms with E-state index in [0.717, 1.165) is 16.7 Å². The van der Waals surface area contributed by atoms with Gasteiger partial charge in [-0.3, -0.25) is 9.36 Å². The van der Waals surface area contributed by atoms with Crippen LogP contribution in [-0.4, -0.2) is 41.7 Å². The third kappa shape index (κ3) is 5.82. The third-order valence-electron chi connectivity index (χ3n) is 4.06. The van der Waals surface area contributed by atoms with Crippen LogP contribution in [0.15, 0.2) is 54.6 Å². The van der Waals surface area contributed by atoms with Gasteiger partial charge >= 0.3 is 5.97 Å². The van der Waals surface area contributed by atoms with Crippen molar-refractivity contribution in [2.24, 2.45) is 0 Å². The Bertz CT molecular complexity index is 744. The van der Waals surface area contributed by atoms with Crippen molar-refractivity contribution in [3.8, 4) is 11.1 Å². The molecule has 2 atom stereocenters. The highest BCUT2D eigenvalue weighted by Crippen LogP contribution is 2.47. The standard InChI is InChI=1S/C19H23O5P/c1-24-25(23,14-17(20)13-19(21)22)12-11-16-9-5-6-10-18(16)15-7-3-2-4-8-15/h2-10,17,20H,11-14H2,1H3,(H,21,22). The van der Waals surface area contributed by atoms with E-state index in [0.29, 0.717) is 6.42 Å². The van der Waals surface area contributed by atoms with Crippen LogP contribution in [0.25, 0.3) is 11.1 Å². The smallest absolute Gasteiger partial charge is 0.305 e. The van der Waals surface area contributed by atoms with E-state index in [4.69, 9.17) is 9.63 Å². The summed E-state index contributed by atoms with van der Waals surface area (Å²) in [4.78, 5) is 10.7. The van der Waals surface area contributed by atoms with Gasteiger partial charge in [0.1, 0.15) is 0 Å². The molecule has 0 bridgehead atoms. The summed E-state index contributed by atoms with van der Waals surface area (Å²) < 4.78 is 18.0. The summed E-state index contributed by atoms with van der Waals surface area (Å²) >= 11 is 0. The average molecular weight is 362 g/mol. The molecule has 0 spiro atoms. The molecule has 0 aromatic heterocycles. The van der Waals surface area contributed by atoms with Crippen LogP contribution in [0.2, 0.25) is 0 Å². The van der Waals surface area contributed by atoms with Crippen molar-refractivity contribution in [3.05, 3.63) is 60.2 Å². The number of carboxylic acids is 1. The van der Waals surface area contributed by atoms with E-state index in [1.807, 2.05) is 54.6 Å². The molecule has 0 saturated heterocycles. The maximum Gasteiger partial charge on any atom is 0.305 e. The van der Waals surface area contributed by atoms with Crippen LogP contribution < -0.4 is 0 Å². The lowest BCUT2D eigenvalue weighted by Crippen LogP contribution is -2.19.